The largest absolute Gasteiger partial charge is 0.488 e. The average molecular weight is 245 g/mol. The Morgan fingerprint density at radius 1 is 1.44 bits per heavy atom. The van der Waals surface area contributed by atoms with Crippen LogP contribution in [0.15, 0.2) is 23.3 Å². The molecule has 1 aliphatic rings. The highest BCUT2D eigenvalue weighted by Crippen LogP contribution is 2.42. The smallest absolute Gasteiger partial charge is 0.123 e. The molecule has 0 saturated carbocycles. The fourth-order valence-electron chi connectivity index (χ4n) is 2.36. The second-order valence-corrected chi connectivity index (χ2v) is 5.74. The Morgan fingerprint density at radius 2 is 2.17 bits per heavy atom. The van der Waals surface area contributed by atoms with Crippen molar-refractivity contribution in [1.29, 1.82) is 0 Å². The van der Waals surface area contributed by atoms with E-state index >= 15 is 0 Å². The standard InChI is InChI=1S/C14H19N3O/c1-9(2)10-5-6-13-11(7-10)12(16-17-15)8-14(3,4)18-13/h5-7,9,12H,8H2,1-4H3/t12-/m0/s1. The highest BCUT2D eigenvalue weighted by atomic mass is 16.5. The molecule has 0 fully saturated rings. The van der Waals surface area contributed by atoms with Crippen LogP contribution in [0.3, 0.4) is 0 Å². The molecular formula is C14H19N3O. The van der Waals surface area contributed by atoms with Crippen LogP contribution in [0.2, 0.25) is 0 Å². The zero-order valence-electron chi connectivity index (χ0n) is 11.3. The van der Waals surface area contributed by atoms with Crippen molar-refractivity contribution < 1.29 is 4.74 Å². The number of nitrogens with zero attached hydrogens (tertiary/aromatic N) is 3. The van der Waals surface area contributed by atoms with Gasteiger partial charge in [0.05, 0.1) is 6.04 Å². The molecule has 0 N–H and O–H groups in total. The molecule has 0 bridgehead atoms. The summed E-state index contributed by atoms with van der Waals surface area (Å²) in [6.07, 6.45) is 0.714. The van der Waals surface area contributed by atoms with Crippen molar-refractivity contribution in [2.75, 3.05) is 0 Å². The zero-order chi connectivity index (χ0) is 13.3. The van der Waals surface area contributed by atoms with Crippen LogP contribution < -0.4 is 4.74 Å². The van der Waals surface area contributed by atoms with E-state index < -0.39 is 0 Å². The monoisotopic (exact) mass is 245 g/mol. The van der Waals surface area contributed by atoms with E-state index in [4.69, 9.17) is 10.3 Å². The van der Waals surface area contributed by atoms with Crippen molar-refractivity contribution in [2.45, 2.75) is 51.7 Å². The molecular weight excluding hydrogens is 226 g/mol. The lowest BCUT2D eigenvalue weighted by molar-refractivity contribution is 0.0728. The number of fused-ring (bicyclic) bond motifs is 1. The summed E-state index contributed by atoms with van der Waals surface area (Å²) >= 11 is 0. The molecule has 0 aromatic heterocycles. The van der Waals surface area contributed by atoms with Crippen molar-refractivity contribution in [3.8, 4) is 5.75 Å². The van der Waals surface area contributed by atoms with Gasteiger partial charge in [-0.25, -0.2) is 0 Å². The SMILES string of the molecule is CC(C)c1ccc2c(c1)[C@@H](N=[N+]=[N-])CC(C)(C)O2. The van der Waals surface area contributed by atoms with Crippen LogP contribution in [-0.4, -0.2) is 5.60 Å². The van der Waals surface area contributed by atoms with Gasteiger partial charge in [-0.05, 0) is 43.3 Å². The number of hydrogen-bond acceptors (Lipinski definition) is 2. The Kier molecular flexibility index (Phi) is 3.22. The summed E-state index contributed by atoms with van der Waals surface area (Å²) in [7, 11) is 0. The summed E-state index contributed by atoms with van der Waals surface area (Å²) in [4.78, 5) is 2.97. The van der Waals surface area contributed by atoms with E-state index in [1.807, 2.05) is 19.9 Å². The lowest BCUT2D eigenvalue weighted by Crippen LogP contribution is -2.34. The van der Waals surface area contributed by atoms with Crippen LogP contribution in [0.4, 0.5) is 0 Å². The van der Waals surface area contributed by atoms with Gasteiger partial charge in [0.1, 0.15) is 11.4 Å². The first-order chi connectivity index (χ1) is 8.43. The Balaban J connectivity index is 2.49. The number of ether oxygens (including phenoxy) is 1. The van der Waals surface area contributed by atoms with Crippen molar-refractivity contribution >= 4 is 0 Å². The topological polar surface area (TPSA) is 58.0 Å². The predicted molar refractivity (Wildman–Crippen MR) is 71.7 cm³/mol. The molecule has 96 valence electrons. The van der Waals surface area contributed by atoms with Crippen molar-refractivity contribution in [2.24, 2.45) is 5.11 Å². The molecule has 0 amide bonds. The number of benzene rings is 1. The molecule has 1 heterocycles. The third-order valence-electron chi connectivity index (χ3n) is 3.32. The van der Waals surface area contributed by atoms with Gasteiger partial charge in [-0.15, -0.1) is 0 Å². The molecule has 0 aliphatic carbocycles. The van der Waals surface area contributed by atoms with Crippen LogP contribution in [0.5, 0.6) is 5.75 Å². The zero-order valence-corrected chi connectivity index (χ0v) is 11.3. The first-order valence-corrected chi connectivity index (χ1v) is 6.30. The van der Waals surface area contributed by atoms with Gasteiger partial charge in [0.15, 0.2) is 0 Å². The molecule has 0 unspecified atom stereocenters. The average Bonchev–Trinajstić information content (AvgIpc) is 2.27. The molecule has 2 rings (SSSR count). The minimum atomic E-state index is -0.287. The molecule has 4 heteroatoms. The fraction of sp³-hybridized carbons (Fsp3) is 0.571. The summed E-state index contributed by atoms with van der Waals surface area (Å²) in [5.74, 6) is 1.30. The first-order valence-electron chi connectivity index (χ1n) is 6.30. The van der Waals surface area contributed by atoms with Gasteiger partial charge in [0, 0.05) is 10.5 Å². The first kappa shape index (κ1) is 12.8. The van der Waals surface area contributed by atoms with Gasteiger partial charge in [0.25, 0.3) is 0 Å². The lowest BCUT2D eigenvalue weighted by Gasteiger charge is -2.36. The van der Waals surface area contributed by atoms with Crippen molar-refractivity contribution in [3.63, 3.8) is 0 Å². The Morgan fingerprint density at radius 3 is 2.78 bits per heavy atom. The molecule has 1 aromatic carbocycles. The molecule has 18 heavy (non-hydrogen) atoms. The van der Waals surface area contributed by atoms with Crippen LogP contribution >= 0.6 is 0 Å². The third-order valence-corrected chi connectivity index (χ3v) is 3.32. The molecule has 0 radical (unpaired) electrons. The third kappa shape index (κ3) is 2.44. The molecule has 0 saturated heterocycles. The van der Waals surface area contributed by atoms with Crippen molar-refractivity contribution in [1.82, 2.24) is 0 Å². The summed E-state index contributed by atoms with van der Waals surface area (Å²) in [5.41, 5.74) is 10.7. The highest BCUT2D eigenvalue weighted by molar-refractivity contribution is 5.42. The normalized spacial score (nSPS) is 20.8. The lowest BCUT2D eigenvalue weighted by atomic mass is 9.88. The number of rotatable bonds is 2. The quantitative estimate of drug-likeness (QED) is 0.422. The van der Waals surface area contributed by atoms with Gasteiger partial charge in [0.2, 0.25) is 0 Å². The molecule has 0 spiro atoms. The Bertz CT molecular complexity index is 502. The second kappa shape index (κ2) is 4.54. The summed E-state index contributed by atoms with van der Waals surface area (Å²) < 4.78 is 5.95. The number of hydrogen-bond donors (Lipinski definition) is 0. The van der Waals surface area contributed by atoms with Crippen LogP contribution in [0, 0.1) is 0 Å². The van der Waals surface area contributed by atoms with Gasteiger partial charge in [-0.3, -0.25) is 0 Å². The number of azide groups is 1. The summed E-state index contributed by atoms with van der Waals surface area (Å²) in [6, 6.07) is 6.05. The highest BCUT2D eigenvalue weighted by Gasteiger charge is 2.33. The van der Waals surface area contributed by atoms with Gasteiger partial charge >= 0.3 is 0 Å². The van der Waals surface area contributed by atoms with E-state index in [2.05, 4.69) is 36.0 Å². The van der Waals surface area contributed by atoms with Crippen LogP contribution in [0.1, 0.15) is 57.2 Å². The Labute approximate surface area is 108 Å². The van der Waals surface area contributed by atoms with Gasteiger partial charge in [-0.2, -0.15) is 0 Å². The predicted octanol–water partition coefficient (Wildman–Crippen LogP) is 4.72. The minimum absolute atomic E-state index is 0.132. The van der Waals surface area contributed by atoms with E-state index in [0.717, 1.165) is 11.3 Å². The molecule has 1 atom stereocenters. The van der Waals surface area contributed by atoms with E-state index in [1.54, 1.807) is 0 Å². The van der Waals surface area contributed by atoms with Gasteiger partial charge in [-0.1, -0.05) is 31.1 Å². The van der Waals surface area contributed by atoms with Crippen LogP contribution in [0.25, 0.3) is 10.4 Å². The van der Waals surface area contributed by atoms with E-state index in [1.165, 1.54) is 5.56 Å². The van der Waals surface area contributed by atoms with E-state index in [-0.39, 0.29) is 11.6 Å². The second-order valence-electron chi connectivity index (χ2n) is 5.74. The fourth-order valence-corrected chi connectivity index (χ4v) is 2.36. The molecule has 1 aromatic rings. The molecule has 4 nitrogen and oxygen atoms in total. The molecule has 1 aliphatic heterocycles. The van der Waals surface area contributed by atoms with E-state index in [9.17, 15) is 0 Å². The maximum atomic E-state index is 8.71. The summed E-state index contributed by atoms with van der Waals surface area (Å²) in [6.45, 7) is 8.34. The van der Waals surface area contributed by atoms with Crippen molar-refractivity contribution in [3.05, 3.63) is 39.8 Å². The van der Waals surface area contributed by atoms with Crippen LogP contribution in [-0.2, 0) is 0 Å². The minimum Gasteiger partial charge on any atom is -0.488 e. The maximum absolute atomic E-state index is 8.71. The summed E-state index contributed by atoms with van der Waals surface area (Å²) in [5, 5.41) is 3.92. The maximum Gasteiger partial charge on any atom is 0.123 e. The van der Waals surface area contributed by atoms with E-state index in [0.29, 0.717) is 12.3 Å². The Hall–Kier alpha value is -1.67. The van der Waals surface area contributed by atoms with Gasteiger partial charge < -0.3 is 4.74 Å².